The van der Waals surface area contributed by atoms with Crippen LogP contribution in [-0.2, 0) is 9.53 Å². The SMILES string of the molecule is COC(CNC(=O)NC1CCCCC1O)CC(=O)O. The van der Waals surface area contributed by atoms with Gasteiger partial charge in [0.15, 0.2) is 0 Å². The van der Waals surface area contributed by atoms with Crippen LogP contribution in [0.3, 0.4) is 0 Å². The summed E-state index contributed by atoms with van der Waals surface area (Å²) in [6, 6.07) is -0.632. The van der Waals surface area contributed by atoms with Crippen LogP contribution in [0.1, 0.15) is 32.1 Å². The zero-order chi connectivity index (χ0) is 14.3. The molecule has 3 unspecified atom stereocenters. The Morgan fingerprint density at radius 3 is 2.63 bits per heavy atom. The van der Waals surface area contributed by atoms with E-state index in [2.05, 4.69) is 10.6 Å². The first-order valence-electron chi connectivity index (χ1n) is 6.50. The van der Waals surface area contributed by atoms with Gasteiger partial charge in [-0.3, -0.25) is 4.79 Å². The number of methoxy groups -OCH3 is 1. The fraction of sp³-hybridized carbons (Fsp3) is 0.833. The standard InChI is InChI=1S/C12H22N2O5/c1-19-8(6-11(16)17)7-13-12(18)14-9-4-2-3-5-10(9)15/h8-10,15H,2-7H2,1H3,(H,16,17)(H2,13,14,18). The molecule has 0 aliphatic heterocycles. The van der Waals surface area contributed by atoms with Gasteiger partial charge in [-0.05, 0) is 12.8 Å². The van der Waals surface area contributed by atoms with Gasteiger partial charge in [-0.15, -0.1) is 0 Å². The van der Waals surface area contributed by atoms with E-state index < -0.39 is 24.2 Å². The summed E-state index contributed by atoms with van der Waals surface area (Å²) >= 11 is 0. The van der Waals surface area contributed by atoms with Gasteiger partial charge in [-0.25, -0.2) is 4.79 Å². The van der Waals surface area contributed by atoms with Crippen molar-refractivity contribution in [2.24, 2.45) is 0 Å². The van der Waals surface area contributed by atoms with E-state index in [1.54, 1.807) is 0 Å². The summed E-state index contributed by atoms with van der Waals surface area (Å²) in [5, 5.41) is 23.6. The fourth-order valence-corrected chi connectivity index (χ4v) is 2.14. The molecule has 19 heavy (non-hydrogen) atoms. The second-order valence-corrected chi connectivity index (χ2v) is 4.77. The first-order valence-corrected chi connectivity index (χ1v) is 6.50. The molecule has 0 spiro atoms. The van der Waals surface area contributed by atoms with E-state index in [0.717, 1.165) is 19.3 Å². The van der Waals surface area contributed by atoms with Crippen LogP contribution in [0, 0.1) is 0 Å². The normalized spacial score (nSPS) is 24.5. The Hall–Kier alpha value is -1.34. The average Bonchev–Trinajstić information content (AvgIpc) is 2.37. The molecule has 1 rings (SSSR count). The molecule has 0 aromatic rings. The number of carbonyl (C=O) groups is 2. The van der Waals surface area contributed by atoms with E-state index >= 15 is 0 Å². The van der Waals surface area contributed by atoms with Crippen molar-refractivity contribution in [1.29, 1.82) is 0 Å². The predicted octanol–water partition coefficient (Wildman–Crippen LogP) is 0.0788. The van der Waals surface area contributed by atoms with E-state index in [-0.39, 0.29) is 19.0 Å². The number of hydrogen-bond acceptors (Lipinski definition) is 4. The van der Waals surface area contributed by atoms with Crippen LogP contribution < -0.4 is 10.6 Å². The zero-order valence-corrected chi connectivity index (χ0v) is 11.1. The maximum absolute atomic E-state index is 11.6. The molecule has 0 radical (unpaired) electrons. The molecule has 1 fully saturated rings. The van der Waals surface area contributed by atoms with Gasteiger partial charge in [0.2, 0.25) is 0 Å². The van der Waals surface area contributed by atoms with Gasteiger partial charge in [0.1, 0.15) is 0 Å². The number of aliphatic hydroxyl groups excluding tert-OH is 1. The van der Waals surface area contributed by atoms with Gasteiger partial charge in [0, 0.05) is 13.7 Å². The van der Waals surface area contributed by atoms with Crippen molar-refractivity contribution < 1.29 is 24.5 Å². The van der Waals surface area contributed by atoms with Crippen LogP contribution in [0.5, 0.6) is 0 Å². The van der Waals surface area contributed by atoms with E-state index in [1.807, 2.05) is 0 Å². The Morgan fingerprint density at radius 1 is 1.37 bits per heavy atom. The molecule has 110 valence electrons. The lowest BCUT2D eigenvalue weighted by atomic mass is 9.93. The number of rotatable bonds is 6. The number of aliphatic carboxylic acids is 1. The monoisotopic (exact) mass is 274 g/mol. The zero-order valence-electron chi connectivity index (χ0n) is 11.1. The van der Waals surface area contributed by atoms with E-state index in [0.29, 0.717) is 6.42 Å². The highest BCUT2D eigenvalue weighted by Crippen LogP contribution is 2.18. The summed E-state index contributed by atoms with van der Waals surface area (Å²) < 4.78 is 4.95. The highest BCUT2D eigenvalue weighted by Gasteiger charge is 2.24. The lowest BCUT2D eigenvalue weighted by Gasteiger charge is -2.28. The van der Waals surface area contributed by atoms with Crippen LogP contribution in [0.25, 0.3) is 0 Å². The third-order valence-electron chi connectivity index (χ3n) is 3.27. The minimum absolute atomic E-state index is 0.122. The van der Waals surface area contributed by atoms with Crippen LogP contribution in [0.2, 0.25) is 0 Å². The van der Waals surface area contributed by atoms with Crippen molar-refractivity contribution in [3.8, 4) is 0 Å². The maximum atomic E-state index is 11.6. The molecule has 0 aromatic heterocycles. The van der Waals surface area contributed by atoms with Crippen LogP contribution in [-0.4, -0.2) is 54.1 Å². The van der Waals surface area contributed by atoms with Gasteiger partial charge in [-0.2, -0.15) is 0 Å². The third kappa shape index (κ3) is 5.89. The molecule has 1 aliphatic rings. The Bertz CT molecular complexity index is 310. The average molecular weight is 274 g/mol. The number of amides is 2. The maximum Gasteiger partial charge on any atom is 0.315 e. The largest absolute Gasteiger partial charge is 0.481 e. The Kier molecular flexibility index (Phi) is 6.58. The number of carbonyl (C=O) groups excluding carboxylic acids is 1. The van der Waals surface area contributed by atoms with E-state index in [9.17, 15) is 14.7 Å². The van der Waals surface area contributed by atoms with Gasteiger partial charge < -0.3 is 25.6 Å². The minimum atomic E-state index is -0.975. The number of aliphatic hydroxyl groups is 1. The quantitative estimate of drug-likeness (QED) is 0.548. The van der Waals surface area contributed by atoms with Gasteiger partial charge in [-0.1, -0.05) is 12.8 Å². The summed E-state index contributed by atoms with van der Waals surface area (Å²) in [4.78, 5) is 22.2. The van der Waals surface area contributed by atoms with Crippen molar-refractivity contribution >= 4 is 12.0 Å². The minimum Gasteiger partial charge on any atom is -0.481 e. The summed E-state index contributed by atoms with van der Waals surface area (Å²) in [5.41, 5.74) is 0. The number of carboxylic acid groups (broad SMARTS) is 1. The van der Waals surface area contributed by atoms with Gasteiger partial charge in [0.05, 0.1) is 24.7 Å². The molecule has 0 heterocycles. The second kappa shape index (κ2) is 7.96. The van der Waals surface area contributed by atoms with Crippen molar-refractivity contribution in [3.05, 3.63) is 0 Å². The molecular formula is C12H22N2O5. The van der Waals surface area contributed by atoms with Crippen LogP contribution in [0.15, 0.2) is 0 Å². The van der Waals surface area contributed by atoms with Crippen LogP contribution in [0.4, 0.5) is 4.79 Å². The highest BCUT2D eigenvalue weighted by molar-refractivity contribution is 5.74. The predicted molar refractivity (Wildman–Crippen MR) is 67.8 cm³/mol. The number of nitrogens with one attached hydrogen (secondary N) is 2. The molecule has 4 N–H and O–H groups in total. The van der Waals surface area contributed by atoms with Crippen molar-refractivity contribution in [2.75, 3.05) is 13.7 Å². The summed E-state index contributed by atoms with van der Waals surface area (Å²) in [6.45, 7) is 0.122. The molecular weight excluding hydrogens is 252 g/mol. The molecule has 1 aliphatic carbocycles. The Labute approximate surface area is 112 Å². The van der Waals surface area contributed by atoms with Crippen molar-refractivity contribution in [2.45, 2.75) is 50.4 Å². The topological polar surface area (TPSA) is 108 Å². The highest BCUT2D eigenvalue weighted by atomic mass is 16.5. The number of hydrogen-bond donors (Lipinski definition) is 4. The summed E-state index contributed by atoms with van der Waals surface area (Å²) in [5.74, 6) is -0.975. The smallest absolute Gasteiger partial charge is 0.315 e. The fourth-order valence-electron chi connectivity index (χ4n) is 2.14. The number of carboxylic acids is 1. The molecule has 0 aromatic carbocycles. The van der Waals surface area contributed by atoms with Crippen molar-refractivity contribution in [3.63, 3.8) is 0 Å². The lowest BCUT2D eigenvalue weighted by molar-refractivity contribution is -0.139. The second-order valence-electron chi connectivity index (χ2n) is 4.77. The summed E-state index contributed by atoms with van der Waals surface area (Å²) in [7, 11) is 1.40. The first-order chi connectivity index (χ1) is 9.02. The van der Waals surface area contributed by atoms with Gasteiger partial charge in [0.25, 0.3) is 0 Å². The van der Waals surface area contributed by atoms with Crippen molar-refractivity contribution in [1.82, 2.24) is 10.6 Å². The first kappa shape index (κ1) is 15.7. The number of urea groups is 1. The molecule has 0 bridgehead atoms. The van der Waals surface area contributed by atoms with E-state index in [4.69, 9.17) is 9.84 Å². The van der Waals surface area contributed by atoms with Crippen LogP contribution >= 0.6 is 0 Å². The van der Waals surface area contributed by atoms with Gasteiger partial charge >= 0.3 is 12.0 Å². The molecule has 3 atom stereocenters. The third-order valence-corrected chi connectivity index (χ3v) is 3.27. The molecule has 1 saturated carbocycles. The Morgan fingerprint density at radius 2 is 2.05 bits per heavy atom. The molecule has 7 heteroatoms. The Balaban J connectivity index is 2.28. The lowest BCUT2D eigenvalue weighted by Crippen LogP contribution is -2.50. The van der Waals surface area contributed by atoms with E-state index in [1.165, 1.54) is 7.11 Å². The molecule has 0 saturated heterocycles. The molecule has 2 amide bonds. The summed E-state index contributed by atoms with van der Waals surface area (Å²) in [6.07, 6.45) is 2.20. The number of ether oxygens (including phenoxy) is 1. The molecule has 7 nitrogen and oxygen atoms in total.